The summed E-state index contributed by atoms with van der Waals surface area (Å²) in [7, 11) is 0. The highest BCUT2D eigenvalue weighted by Crippen LogP contribution is 2.33. The number of thiophene rings is 1. The van der Waals surface area contributed by atoms with Crippen LogP contribution in [0.25, 0.3) is 11.1 Å². The number of aryl methyl sites for hydroxylation is 1. The van der Waals surface area contributed by atoms with Crippen LogP contribution < -0.4 is 0 Å². The molecule has 0 aliphatic carbocycles. The summed E-state index contributed by atoms with van der Waals surface area (Å²) in [6.45, 7) is 2.03. The Balaban J connectivity index is 2.65. The molecule has 0 unspecified atom stereocenters. The van der Waals surface area contributed by atoms with Crippen molar-refractivity contribution in [1.29, 1.82) is 0 Å². The summed E-state index contributed by atoms with van der Waals surface area (Å²) in [5.74, 6) is 0. The predicted octanol–water partition coefficient (Wildman–Crippen LogP) is 4.30. The van der Waals surface area contributed by atoms with Crippen LogP contribution in [0, 0.1) is 6.92 Å². The smallest absolute Gasteiger partial charge is 0.150 e. The minimum Gasteiger partial charge on any atom is -0.298 e. The van der Waals surface area contributed by atoms with Gasteiger partial charge in [-0.25, -0.2) is 0 Å². The van der Waals surface area contributed by atoms with Gasteiger partial charge < -0.3 is 0 Å². The van der Waals surface area contributed by atoms with Gasteiger partial charge in [-0.1, -0.05) is 23.8 Å². The predicted molar refractivity (Wildman–Crippen MR) is 67.6 cm³/mol. The Bertz CT molecular complexity index is 502. The molecule has 0 aliphatic heterocycles. The molecular formula is C12H9BrOS. The standard InChI is InChI=1S/C12H9BrOS/c1-8-2-3-9(5-14)10(4-8)11-6-15-7-12(11)13/h2-7H,1H3. The first-order valence-electron chi connectivity index (χ1n) is 4.50. The zero-order valence-electron chi connectivity index (χ0n) is 8.16. The van der Waals surface area contributed by atoms with Gasteiger partial charge in [0.15, 0.2) is 6.29 Å². The minimum absolute atomic E-state index is 0.736. The summed E-state index contributed by atoms with van der Waals surface area (Å²) in [5.41, 5.74) is 3.98. The van der Waals surface area contributed by atoms with Crippen LogP contribution >= 0.6 is 27.3 Å². The molecule has 0 fully saturated rings. The van der Waals surface area contributed by atoms with Crippen LogP contribution in [0.2, 0.25) is 0 Å². The second-order valence-electron chi connectivity index (χ2n) is 3.34. The molecule has 0 N–H and O–H groups in total. The quantitative estimate of drug-likeness (QED) is 0.750. The molecule has 1 aromatic carbocycles. The number of carbonyl (C=O) groups excluding carboxylic acids is 1. The van der Waals surface area contributed by atoms with Gasteiger partial charge in [-0.05, 0) is 33.8 Å². The molecule has 15 heavy (non-hydrogen) atoms. The third-order valence-electron chi connectivity index (χ3n) is 2.24. The fourth-order valence-electron chi connectivity index (χ4n) is 1.48. The van der Waals surface area contributed by atoms with Gasteiger partial charge in [0.1, 0.15) is 0 Å². The van der Waals surface area contributed by atoms with Crippen molar-refractivity contribution < 1.29 is 4.79 Å². The average molecular weight is 281 g/mol. The maximum atomic E-state index is 10.9. The Morgan fingerprint density at radius 1 is 1.27 bits per heavy atom. The summed E-state index contributed by atoms with van der Waals surface area (Å²) in [5, 5.41) is 4.07. The number of hydrogen-bond acceptors (Lipinski definition) is 2. The molecule has 1 aromatic heterocycles. The van der Waals surface area contributed by atoms with Crippen LogP contribution in [0.1, 0.15) is 15.9 Å². The van der Waals surface area contributed by atoms with Gasteiger partial charge in [-0.2, -0.15) is 11.3 Å². The van der Waals surface area contributed by atoms with Crippen LogP contribution in [-0.2, 0) is 0 Å². The molecule has 2 aromatic rings. The molecule has 0 bridgehead atoms. The molecule has 1 heterocycles. The lowest BCUT2D eigenvalue weighted by Crippen LogP contribution is -1.87. The molecule has 76 valence electrons. The second-order valence-corrected chi connectivity index (χ2v) is 4.94. The Labute approximate surface area is 101 Å². The Hall–Kier alpha value is -0.930. The SMILES string of the molecule is Cc1ccc(C=O)c(-c2cscc2Br)c1. The number of rotatable bonds is 2. The van der Waals surface area contributed by atoms with E-state index in [4.69, 9.17) is 0 Å². The van der Waals surface area contributed by atoms with E-state index in [1.165, 1.54) is 0 Å². The van der Waals surface area contributed by atoms with E-state index in [0.29, 0.717) is 0 Å². The van der Waals surface area contributed by atoms with Gasteiger partial charge in [0.05, 0.1) is 0 Å². The van der Waals surface area contributed by atoms with Gasteiger partial charge in [-0.15, -0.1) is 0 Å². The number of benzene rings is 1. The van der Waals surface area contributed by atoms with Crippen molar-refractivity contribution in [3.8, 4) is 11.1 Å². The first-order valence-corrected chi connectivity index (χ1v) is 6.24. The molecule has 1 nitrogen and oxygen atoms in total. The Kier molecular flexibility index (Phi) is 3.03. The normalized spacial score (nSPS) is 10.3. The highest BCUT2D eigenvalue weighted by Gasteiger charge is 2.08. The van der Waals surface area contributed by atoms with Gasteiger partial charge >= 0.3 is 0 Å². The molecule has 0 aliphatic rings. The minimum atomic E-state index is 0.736. The zero-order valence-corrected chi connectivity index (χ0v) is 10.6. The van der Waals surface area contributed by atoms with E-state index in [9.17, 15) is 4.79 Å². The lowest BCUT2D eigenvalue weighted by molar-refractivity contribution is 0.112. The van der Waals surface area contributed by atoms with Crippen molar-refractivity contribution in [3.05, 3.63) is 44.6 Å². The Morgan fingerprint density at radius 2 is 2.07 bits per heavy atom. The van der Waals surface area contributed by atoms with Crippen molar-refractivity contribution in [2.45, 2.75) is 6.92 Å². The summed E-state index contributed by atoms with van der Waals surface area (Å²) >= 11 is 5.11. The second kappa shape index (κ2) is 4.29. The zero-order chi connectivity index (χ0) is 10.8. The third kappa shape index (κ3) is 2.03. The molecule has 0 saturated carbocycles. The summed E-state index contributed by atoms with van der Waals surface area (Å²) in [6.07, 6.45) is 0.902. The first-order chi connectivity index (χ1) is 7.22. The summed E-state index contributed by atoms with van der Waals surface area (Å²) in [4.78, 5) is 10.9. The number of hydrogen-bond donors (Lipinski definition) is 0. The highest BCUT2D eigenvalue weighted by molar-refractivity contribution is 9.10. The molecule has 0 atom stereocenters. The van der Waals surface area contributed by atoms with Crippen molar-refractivity contribution >= 4 is 33.6 Å². The monoisotopic (exact) mass is 280 g/mol. The lowest BCUT2D eigenvalue weighted by atomic mass is 10.0. The molecule has 0 spiro atoms. The van der Waals surface area contributed by atoms with E-state index in [0.717, 1.165) is 33.0 Å². The van der Waals surface area contributed by atoms with Crippen LogP contribution in [0.4, 0.5) is 0 Å². The number of halogens is 1. The Morgan fingerprint density at radius 3 is 2.67 bits per heavy atom. The molecule has 3 heteroatoms. The van der Waals surface area contributed by atoms with Crippen LogP contribution in [-0.4, -0.2) is 6.29 Å². The maximum absolute atomic E-state index is 10.9. The average Bonchev–Trinajstić information content (AvgIpc) is 2.64. The topological polar surface area (TPSA) is 17.1 Å². The van der Waals surface area contributed by atoms with Crippen molar-refractivity contribution in [1.82, 2.24) is 0 Å². The van der Waals surface area contributed by atoms with Crippen molar-refractivity contribution in [2.24, 2.45) is 0 Å². The van der Waals surface area contributed by atoms with E-state index in [1.54, 1.807) is 11.3 Å². The molecule has 2 rings (SSSR count). The molecule has 0 amide bonds. The lowest BCUT2D eigenvalue weighted by Gasteiger charge is -2.04. The van der Waals surface area contributed by atoms with Gasteiger partial charge in [0, 0.05) is 21.0 Å². The van der Waals surface area contributed by atoms with Crippen LogP contribution in [0.15, 0.2) is 33.4 Å². The van der Waals surface area contributed by atoms with Crippen LogP contribution in [0.3, 0.4) is 0 Å². The molecule has 0 saturated heterocycles. The first kappa shape index (κ1) is 10.6. The summed E-state index contributed by atoms with van der Waals surface area (Å²) < 4.78 is 1.04. The molecular weight excluding hydrogens is 272 g/mol. The largest absolute Gasteiger partial charge is 0.298 e. The highest BCUT2D eigenvalue weighted by atomic mass is 79.9. The number of aldehydes is 1. The van der Waals surface area contributed by atoms with Gasteiger partial charge in [0.25, 0.3) is 0 Å². The van der Waals surface area contributed by atoms with E-state index in [-0.39, 0.29) is 0 Å². The fraction of sp³-hybridized carbons (Fsp3) is 0.0833. The number of carbonyl (C=O) groups is 1. The molecule has 0 radical (unpaired) electrons. The maximum Gasteiger partial charge on any atom is 0.150 e. The third-order valence-corrected chi connectivity index (χ3v) is 3.94. The van der Waals surface area contributed by atoms with E-state index >= 15 is 0 Å². The van der Waals surface area contributed by atoms with E-state index in [2.05, 4.69) is 15.9 Å². The summed E-state index contributed by atoms with van der Waals surface area (Å²) in [6, 6.07) is 5.85. The van der Waals surface area contributed by atoms with Gasteiger partial charge in [0.2, 0.25) is 0 Å². The van der Waals surface area contributed by atoms with Gasteiger partial charge in [-0.3, -0.25) is 4.79 Å². The van der Waals surface area contributed by atoms with Crippen molar-refractivity contribution in [3.63, 3.8) is 0 Å². The van der Waals surface area contributed by atoms with Crippen LogP contribution in [0.5, 0.6) is 0 Å². The fourth-order valence-corrected chi connectivity index (χ4v) is 2.99. The van der Waals surface area contributed by atoms with E-state index < -0.39 is 0 Å². The van der Waals surface area contributed by atoms with Crippen molar-refractivity contribution in [2.75, 3.05) is 0 Å². The van der Waals surface area contributed by atoms with E-state index in [1.807, 2.05) is 35.9 Å².